The van der Waals surface area contributed by atoms with Crippen LogP contribution in [0.3, 0.4) is 0 Å². The number of ether oxygens (including phenoxy) is 5. The summed E-state index contributed by atoms with van der Waals surface area (Å²) in [5.41, 5.74) is 2.27. The zero-order valence-electron chi connectivity index (χ0n) is 27.7. The second-order valence-corrected chi connectivity index (χ2v) is 12.4. The summed E-state index contributed by atoms with van der Waals surface area (Å²) in [6, 6.07) is 21.3. The smallest absolute Gasteiger partial charge is 0.494 e. The molecule has 0 heterocycles. The maximum atomic E-state index is 12.7. The van der Waals surface area contributed by atoms with Gasteiger partial charge in [-0.2, -0.15) is 0 Å². The quantitative estimate of drug-likeness (QED) is 0.0532. The van der Waals surface area contributed by atoms with Crippen LogP contribution in [-0.4, -0.2) is 37.4 Å². The lowest BCUT2D eigenvalue weighted by Crippen LogP contribution is -2.36. The molecule has 47 heavy (non-hydrogen) atoms. The van der Waals surface area contributed by atoms with Crippen molar-refractivity contribution in [2.45, 2.75) is 71.8 Å². The van der Waals surface area contributed by atoms with Gasteiger partial charge in [0.1, 0.15) is 23.4 Å². The predicted molar refractivity (Wildman–Crippen MR) is 181 cm³/mol. The molecule has 0 unspecified atom stereocenters. The highest BCUT2D eigenvalue weighted by atomic mass is 16.7. The summed E-state index contributed by atoms with van der Waals surface area (Å²) in [5.74, 6) is 2.01. The highest BCUT2D eigenvalue weighted by Gasteiger charge is 2.34. The zero-order chi connectivity index (χ0) is 33.6. The lowest BCUT2D eigenvalue weighted by atomic mass is 9.75. The molecule has 3 atom stereocenters. The van der Waals surface area contributed by atoms with Gasteiger partial charge in [0, 0.05) is 6.08 Å². The van der Waals surface area contributed by atoms with Crippen molar-refractivity contribution in [3.05, 3.63) is 91.0 Å². The van der Waals surface area contributed by atoms with E-state index in [2.05, 4.69) is 27.4 Å². The van der Waals surface area contributed by atoms with Crippen LogP contribution in [-0.2, 0) is 14.3 Å². The summed E-state index contributed by atoms with van der Waals surface area (Å²) in [6.07, 6.45) is 7.06. The van der Waals surface area contributed by atoms with Crippen LogP contribution in [0.15, 0.2) is 85.5 Å². The SMILES string of the molecule is C=CC(=O)OCCCCCCOc1ccc(C(=O)Oc2ccc(-c3ccc(OC(=O)O[C@@H]4C[C@H](C)CC[C@H]4C(C)C)cc3)cc2)cc1. The number of benzene rings is 3. The van der Waals surface area contributed by atoms with Crippen molar-refractivity contribution in [3.8, 4) is 28.4 Å². The Bertz CT molecular complexity index is 1440. The first-order valence-electron chi connectivity index (χ1n) is 16.5. The van der Waals surface area contributed by atoms with Gasteiger partial charge in [-0.05, 0) is 116 Å². The van der Waals surface area contributed by atoms with E-state index in [4.69, 9.17) is 23.7 Å². The van der Waals surface area contributed by atoms with E-state index in [0.717, 1.165) is 62.1 Å². The van der Waals surface area contributed by atoms with Gasteiger partial charge >= 0.3 is 18.1 Å². The summed E-state index contributed by atoms with van der Waals surface area (Å²) in [4.78, 5) is 36.3. The topological polar surface area (TPSA) is 97.4 Å². The third-order valence-electron chi connectivity index (χ3n) is 8.47. The van der Waals surface area contributed by atoms with Gasteiger partial charge < -0.3 is 23.7 Å². The Morgan fingerprint density at radius 2 is 1.34 bits per heavy atom. The zero-order valence-corrected chi connectivity index (χ0v) is 27.7. The fraction of sp³-hybridized carbons (Fsp3) is 0.410. The molecule has 3 aromatic rings. The molecule has 0 N–H and O–H groups in total. The molecule has 8 heteroatoms. The van der Waals surface area contributed by atoms with Crippen molar-refractivity contribution >= 4 is 18.1 Å². The minimum Gasteiger partial charge on any atom is -0.494 e. The number of unbranched alkanes of at least 4 members (excludes halogenated alkanes) is 3. The Labute approximate surface area is 278 Å². The summed E-state index contributed by atoms with van der Waals surface area (Å²) in [5, 5.41) is 0. The molecular weight excluding hydrogens is 596 g/mol. The molecule has 1 saturated carbocycles. The van der Waals surface area contributed by atoms with Gasteiger partial charge in [-0.3, -0.25) is 0 Å². The molecule has 0 saturated heterocycles. The van der Waals surface area contributed by atoms with Crippen molar-refractivity contribution in [1.82, 2.24) is 0 Å². The molecule has 8 nitrogen and oxygen atoms in total. The normalized spacial score (nSPS) is 17.4. The average Bonchev–Trinajstić information content (AvgIpc) is 3.06. The number of hydrogen-bond acceptors (Lipinski definition) is 8. The molecule has 0 spiro atoms. The van der Waals surface area contributed by atoms with Crippen molar-refractivity contribution in [2.24, 2.45) is 17.8 Å². The molecule has 1 aliphatic rings. The Hall–Kier alpha value is -4.59. The summed E-state index contributed by atoms with van der Waals surface area (Å²) >= 11 is 0. The van der Waals surface area contributed by atoms with E-state index in [1.807, 2.05) is 24.3 Å². The van der Waals surface area contributed by atoms with E-state index >= 15 is 0 Å². The van der Waals surface area contributed by atoms with Gasteiger partial charge in [0.15, 0.2) is 0 Å². The second-order valence-electron chi connectivity index (χ2n) is 12.4. The maximum Gasteiger partial charge on any atom is 0.514 e. The van der Waals surface area contributed by atoms with Crippen LogP contribution in [0.5, 0.6) is 17.2 Å². The Kier molecular flexibility index (Phi) is 13.5. The van der Waals surface area contributed by atoms with E-state index in [1.54, 1.807) is 48.5 Å². The van der Waals surface area contributed by atoms with E-state index in [-0.39, 0.29) is 6.10 Å². The van der Waals surface area contributed by atoms with Gasteiger partial charge in [-0.25, -0.2) is 14.4 Å². The minimum atomic E-state index is -0.662. The largest absolute Gasteiger partial charge is 0.514 e. The van der Waals surface area contributed by atoms with Crippen LogP contribution in [0.25, 0.3) is 11.1 Å². The molecule has 0 amide bonds. The lowest BCUT2D eigenvalue weighted by molar-refractivity contribution is -0.137. The Morgan fingerprint density at radius 1 is 0.766 bits per heavy atom. The van der Waals surface area contributed by atoms with E-state index in [0.29, 0.717) is 53.8 Å². The summed E-state index contributed by atoms with van der Waals surface area (Å²) < 4.78 is 27.5. The average molecular weight is 643 g/mol. The van der Waals surface area contributed by atoms with Gasteiger partial charge in [-0.1, -0.05) is 58.0 Å². The van der Waals surface area contributed by atoms with Crippen molar-refractivity contribution in [1.29, 1.82) is 0 Å². The number of carbonyl (C=O) groups is 3. The van der Waals surface area contributed by atoms with Gasteiger partial charge in [-0.15, -0.1) is 0 Å². The molecule has 3 aromatic carbocycles. The fourth-order valence-corrected chi connectivity index (χ4v) is 5.76. The second kappa shape index (κ2) is 17.9. The Balaban J connectivity index is 1.19. The van der Waals surface area contributed by atoms with E-state index < -0.39 is 18.1 Å². The summed E-state index contributed by atoms with van der Waals surface area (Å²) in [7, 11) is 0. The number of hydrogen-bond donors (Lipinski definition) is 0. The van der Waals surface area contributed by atoms with Gasteiger partial charge in [0.25, 0.3) is 0 Å². The van der Waals surface area contributed by atoms with Gasteiger partial charge in [0.05, 0.1) is 18.8 Å². The number of carbonyl (C=O) groups excluding carboxylic acids is 3. The Morgan fingerprint density at radius 3 is 1.94 bits per heavy atom. The monoisotopic (exact) mass is 642 g/mol. The minimum absolute atomic E-state index is 0.118. The molecule has 250 valence electrons. The number of esters is 2. The lowest BCUT2D eigenvalue weighted by Gasteiger charge is -2.36. The third-order valence-corrected chi connectivity index (χ3v) is 8.47. The third kappa shape index (κ3) is 11.3. The van der Waals surface area contributed by atoms with Crippen LogP contribution in [0.1, 0.15) is 76.1 Å². The van der Waals surface area contributed by atoms with Gasteiger partial charge in [0.2, 0.25) is 0 Å². The summed E-state index contributed by atoms with van der Waals surface area (Å²) in [6.45, 7) is 10.9. The standard InChI is InChI=1S/C39H46O8/c1-5-37(40)44-25-9-7-6-8-24-43-32-17-15-31(16-18-32)38(41)45-33-19-11-29(12-20-33)30-13-21-34(22-14-30)46-39(42)47-36-26-28(4)10-23-35(36)27(2)3/h5,11-22,27-28,35-36H,1,6-10,23-26H2,2-4H3/t28-,35+,36-/m1/s1. The number of rotatable bonds is 15. The molecule has 0 bridgehead atoms. The van der Waals surface area contributed by atoms with Crippen LogP contribution in [0.2, 0.25) is 0 Å². The fourth-order valence-electron chi connectivity index (χ4n) is 5.76. The first-order chi connectivity index (χ1) is 22.7. The predicted octanol–water partition coefficient (Wildman–Crippen LogP) is 9.22. The van der Waals surface area contributed by atoms with Crippen molar-refractivity contribution in [2.75, 3.05) is 13.2 Å². The first-order valence-corrected chi connectivity index (χ1v) is 16.5. The molecule has 0 aliphatic heterocycles. The van der Waals surface area contributed by atoms with Crippen LogP contribution in [0, 0.1) is 17.8 Å². The highest BCUT2D eigenvalue weighted by Crippen LogP contribution is 2.35. The first kappa shape index (κ1) is 35.3. The molecule has 0 radical (unpaired) electrons. The molecule has 1 fully saturated rings. The van der Waals surface area contributed by atoms with Crippen LogP contribution >= 0.6 is 0 Å². The highest BCUT2D eigenvalue weighted by molar-refractivity contribution is 5.91. The van der Waals surface area contributed by atoms with Crippen molar-refractivity contribution in [3.63, 3.8) is 0 Å². The maximum absolute atomic E-state index is 12.7. The van der Waals surface area contributed by atoms with Crippen LogP contribution < -0.4 is 14.2 Å². The molecule has 4 rings (SSSR count). The molecule has 0 aromatic heterocycles. The molecule has 1 aliphatic carbocycles. The molecular formula is C39H46O8. The van der Waals surface area contributed by atoms with Crippen LogP contribution in [0.4, 0.5) is 4.79 Å². The van der Waals surface area contributed by atoms with E-state index in [1.165, 1.54) is 0 Å². The van der Waals surface area contributed by atoms with E-state index in [9.17, 15) is 14.4 Å². The van der Waals surface area contributed by atoms with Crippen molar-refractivity contribution < 1.29 is 38.1 Å².